The van der Waals surface area contributed by atoms with Crippen LogP contribution in [0.3, 0.4) is 0 Å². The predicted octanol–water partition coefficient (Wildman–Crippen LogP) is 4.71. The van der Waals surface area contributed by atoms with Crippen molar-refractivity contribution >= 4 is 21.8 Å². The van der Waals surface area contributed by atoms with Gasteiger partial charge in [-0.1, -0.05) is 24.3 Å². The number of alkyl halides is 3. The Bertz CT molecular complexity index is 916. The smallest absolute Gasteiger partial charge is 0.207 e. The summed E-state index contributed by atoms with van der Waals surface area (Å²) in [5, 5.41) is -0.201. The fourth-order valence-electron chi connectivity index (χ4n) is 2.96. The molecule has 0 amide bonds. The number of nitrogens with zero attached hydrogens (tertiary/aromatic N) is 1. The molecule has 1 atom stereocenters. The molecule has 0 bridgehead atoms. The Morgan fingerprint density at radius 3 is 2.48 bits per heavy atom. The molecule has 0 radical (unpaired) electrons. The molecule has 0 aliphatic carbocycles. The van der Waals surface area contributed by atoms with Crippen molar-refractivity contribution in [2.24, 2.45) is 0 Å². The summed E-state index contributed by atoms with van der Waals surface area (Å²) in [5.74, 6) is 0.0844. The zero-order chi connectivity index (χ0) is 19.7. The third kappa shape index (κ3) is 4.47. The van der Waals surface area contributed by atoms with Crippen molar-refractivity contribution in [1.82, 2.24) is 4.31 Å². The summed E-state index contributed by atoms with van der Waals surface area (Å²) in [6.07, 6.45) is -4.24. The molecule has 0 saturated carbocycles. The van der Waals surface area contributed by atoms with Gasteiger partial charge >= 0.3 is 6.18 Å². The third-order valence-corrected chi connectivity index (χ3v) is 7.56. The number of rotatable bonds is 3. The van der Waals surface area contributed by atoms with E-state index in [1.54, 1.807) is 18.2 Å². The topological polar surface area (TPSA) is 37.4 Å². The lowest BCUT2D eigenvalue weighted by atomic mass is 10.1. The molecule has 0 aromatic heterocycles. The fourth-order valence-corrected chi connectivity index (χ4v) is 5.83. The molecule has 1 aliphatic heterocycles. The van der Waals surface area contributed by atoms with Gasteiger partial charge in [-0.25, -0.2) is 12.8 Å². The molecular formula is C18H17F4NO2S2. The van der Waals surface area contributed by atoms with Crippen LogP contribution in [0.25, 0.3) is 0 Å². The van der Waals surface area contributed by atoms with Crippen molar-refractivity contribution in [3.8, 4) is 0 Å². The summed E-state index contributed by atoms with van der Waals surface area (Å²) in [6, 6.07) is 10.1. The van der Waals surface area contributed by atoms with Gasteiger partial charge in [0.25, 0.3) is 0 Å². The Morgan fingerprint density at radius 1 is 1.04 bits per heavy atom. The second-order valence-electron chi connectivity index (χ2n) is 6.10. The first-order valence-electron chi connectivity index (χ1n) is 8.23. The molecule has 1 heterocycles. The molecule has 1 aliphatic rings. The van der Waals surface area contributed by atoms with E-state index in [-0.39, 0.29) is 29.1 Å². The minimum atomic E-state index is -4.61. The highest BCUT2D eigenvalue weighted by atomic mass is 32.2. The molecule has 9 heteroatoms. The monoisotopic (exact) mass is 419 g/mol. The number of halogens is 4. The number of benzene rings is 2. The van der Waals surface area contributed by atoms with Gasteiger partial charge in [0.05, 0.1) is 10.5 Å². The molecular weight excluding hydrogens is 402 g/mol. The van der Waals surface area contributed by atoms with Crippen molar-refractivity contribution in [3.05, 3.63) is 65.5 Å². The number of hydrogen-bond donors (Lipinski definition) is 0. The molecule has 0 unspecified atom stereocenters. The largest absolute Gasteiger partial charge is 0.416 e. The van der Waals surface area contributed by atoms with Crippen LogP contribution in [-0.2, 0) is 16.2 Å². The maximum absolute atomic E-state index is 14.0. The molecule has 1 fully saturated rings. The van der Waals surface area contributed by atoms with Crippen molar-refractivity contribution in [2.45, 2.75) is 22.7 Å². The van der Waals surface area contributed by atoms with Crippen molar-refractivity contribution in [1.29, 1.82) is 0 Å². The van der Waals surface area contributed by atoms with Crippen LogP contribution in [0.5, 0.6) is 0 Å². The van der Waals surface area contributed by atoms with Gasteiger partial charge in [0.1, 0.15) is 5.82 Å². The average molecular weight is 419 g/mol. The zero-order valence-corrected chi connectivity index (χ0v) is 15.7. The van der Waals surface area contributed by atoms with E-state index in [4.69, 9.17) is 0 Å². The number of hydrogen-bond acceptors (Lipinski definition) is 3. The van der Waals surface area contributed by atoms with Crippen molar-refractivity contribution in [3.63, 3.8) is 0 Å². The zero-order valence-electron chi connectivity index (χ0n) is 14.1. The predicted molar refractivity (Wildman–Crippen MR) is 96.4 cm³/mol. The highest BCUT2D eigenvalue weighted by molar-refractivity contribution is 7.99. The fraction of sp³-hybridized carbons (Fsp3) is 0.333. The van der Waals surface area contributed by atoms with E-state index in [0.29, 0.717) is 23.8 Å². The maximum atomic E-state index is 14.0. The van der Waals surface area contributed by atoms with E-state index >= 15 is 0 Å². The van der Waals surface area contributed by atoms with E-state index in [2.05, 4.69) is 0 Å². The van der Waals surface area contributed by atoms with Crippen LogP contribution in [0.2, 0.25) is 0 Å². The van der Waals surface area contributed by atoms with E-state index in [1.807, 2.05) is 0 Å². The molecule has 2 aromatic rings. The minimum Gasteiger partial charge on any atom is -0.207 e. The summed E-state index contributed by atoms with van der Waals surface area (Å²) in [4.78, 5) is -0.383. The van der Waals surface area contributed by atoms with Gasteiger partial charge in [0, 0.05) is 29.7 Å². The normalized spacial score (nSPS) is 19.6. The molecule has 1 saturated heterocycles. The van der Waals surface area contributed by atoms with E-state index in [0.717, 1.165) is 18.2 Å². The van der Waals surface area contributed by atoms with E-state index < -0.39 is 21.8 Å². The maximum Gasteiger partial charge on any atom is 0.416 e. The van der Waals surface area contributed by atoms with Crippen LogP contribution in [0.4, 0.5) is 17.6 Å². The van der Waals surface area contributed by atoms with Gasteiger partial charge in [0.2, 0.25) is 10.0 Å². The summed E-state index contributed by atoms with van der Waals surface area (Å²) in [6.45, 7) is 0.277. The SMILES string of the molecule is O=S(=O)(c1cccc(C(F)(F)F)c1)N1CCS[C@H](c2ccccc2F)CC1. The quantitative estimate of drug-likeness (QED) is 0.676. The molecule has 0 N–H and O–H groups in total. The highest BCUT2D eigenvalue weighted by Gasteiger charge is 2.34. The van der Waals surface area contributed by atoms with E-state index in [9.17, 15) is 26.0 Å². The molecule has 0 spiro atoms. The second kappa shape index (κ2) is 7.81. The molecule has 2 aromatic carbocycles. The highest BCUT2D eigenvalue weighted by Crippen LogP contribution is 2.37. The first-order chi connectivity index (χ1) is 12.7. The minimum absolute atomic E-state index is 0.116. The first kappa shape index (κ1) is 20.2. The molecule has 146 valence electrons. The lowest BCUT2D eigenvalue weighted by Crippen LogP contribution is -2.33. The Kier molecular flexibility index (Phi) is 5.83. The van der Waals surface area contributed by atoms with Crippen molar-refractivity contribution < 1.29 is 26.0 Å². The van der Waals surface area contributed by atoms with Crippen LogP contribution in [-0.4, -0.2) is 31.6 Å². The molecule has 27 heavy (non-hydrogen) atoms. The lowest BCUT2D eigenvalue weighted by molar-refractivity contribution is -0.137. The Morgan fingerprint density at radius 2 is 1.78 bits per heavy atom. The third-order valence-electron chi connectivity index (χ3n) is 4.35. The van der Waals surface area contributed by atoms with Crippen LogP contribution >= 0.6 is 11.8 Å². The standard InChI is InChI=1S/C18H17F4NO2S2/c19-16-7-2-1-6-15(16)17-8-9-23(10-11-26-17)27(24,25)14-5-3-4-13(12-14)18(20,21)22/h1-7,12,17H,8-11H2/t17-/m0/s1. The Balaban J connectivity index is 1.82. The van der Waals surface area contributed by atoms with Crippen molar-refractivity contribution in [2.75, 3.05) is 18.8 Å². The summed E-state index contributed by atoms with van der Waals surface area (Å²) < 4.78 is 79.5. The number of thioether (sulfide) groups is 1. The van der Waals surface area contributed by atoms with Crippen LogP contribution < -0.4 is 0 Å². The van der Waals surface area contributed by atoms with Gasteiger partial charge in [-0.3, -0.25) is 0 Å². The lowest BCUT2D eigenvalue weighted by Gasteiger charge is -2.20. The molecule has 3 nitrogen and oxygen atoms in total. The van der Waals surface area contributed by atoms with Crippen LogP contribution in [0.1, 0.15) is 22.8 Å². The van der Waals surface area contributed by atoms with E-state index in [1.165, 1.54) is 22.1 Å². The van der Waals surface area contributed by atoms with Gasteiger partial charge < -0.3 is 0 Å². The van der Waals surface area contributed by atoms with Gasteiger partial charge in [-0.05, 0) is 30.7 Å². The average Bonchev–Trinajstić information content (AvgIpc) is 2.88. The van der Waals surface area contributed by atoms with Crippen LogP contribution in [0, 0.1) is 5.82 Å². The summed E-state index contributed by atoms with van der Waals surface area (Å²) in [7, 11) is -4.06. The van der Waals surface area contributed by atoms with Gasteiger partial charge in [-0.2, -0.15) is 29.2 Å². The summed E-state index contributed by atoms with van der Waals surface area (Å²) in [5.41, 5.74) is -0.488. The second-order valence-corrected chi connectivity index (χ2v) is 9.35. The van der Waals surface area contributed by atoms with Gasteiger partial charge in [-0.15, -0.1) is 0 Å². The van der Waals surface area contributed by atoms with Gasteiger partial charge in [0.15, 0.2) is 0 Å². The first-order valence-corrected chi connectivity index (χ1v) is 10.7. The Labute approximate surface area is 159 Å². The Hall–Kier alpha value is -1.58. The number of sulfonamides is 1. The van der Waals surface area contributed by atoms with Crippen LogP contribution in [0.15, 0.2) is 53.4 Å². The summed E-state index contributed by atoms with van der Waals surface area (Å²) >= 11 is 1.45. The molecule has 3 rings (SSSR count).